The molecule has 0 amide bonds. The molecule has 0 spiro atoms. The SMILES string of the molecule is C=CCCC(Cc1c(F)cccc1Cl)NC. The van der Waals surface area contributed by atoms with E-state index in [1.807, 2.05) is 13.1 Å². The molecule has 0 heterocycles. The van der Waals surface area contributed by atoms with Crippen LogP contribution in [-0.2, 0) is 6.42 Å². The molecule has 0 radical (unpaired) electrons. The van der Waals surface area contributed by atoms with Gasteiger partial charge in [-0.3, -0.25) is 0 Å². The first kappa shape index (κ1) is 13.2. The van der Waals surface area contributed by atoms with Crippen molar-refractivity contribution in [3.05, 3.63) is 47.3 Å². The molecule has 16 heavy (non-hydrogen) atoms. The summed E-state index contributed by atoms with van der Waals surface area (Å²) in [6, 6.07) is 5.02. The fourth-order valence-corrected chi connectivity index (χ4v) is 1.88. The van der Waals surface area contributed by atoms with Gasteiger partial charge in [0.2, 0.25) is 0 Å². The zero-order chi connectivity index (χ0) is 12.0. The van der Waals surface area contributed by atoms with Crippen LogP contribution < -0.4 is 5.32 Å². The molecule has 1 aromatic carbocycles. The number of likely N-dealkylation sites (N-methyl/N-ethyl adjacent to an activating group) is 1. The Morgan fingerprint density at radius 3 is 2.88 bits per heavy atom. The Bertz CT molecular complexity index is 332. The maximum atomic E-state index is 13.5. The maximum Gasteiger partial charge on any atom is 0.127 e. The van der Waals surface area contributed by atoms with Crippen LogP contribution in [0.4, 0.5) is 4.39 Å². The first-order valence-corrected chi connectivity index (χ1v) is 5.78. The van der Waals surface area contributed by atoms with Gasteiger partial charge in [-0.25, -0.2) is 4.39 Å². The van der Waals surface area contributed by atoms with Gasteiger partial charge in [0.05, 0.1) is 0 Å². The van der Waals surface area contributed by atoms with Crippen molar-refractivity contribution in [2.45, 2.75) is 25.3 Å². The van der Waals surface area contributed by atoms with E-state index in [9.17, 15) is 4.39 Å². The molecule has 0 saturated heterocycles. The molecule has 1 rings (SSSR count). The normalized spacial score (nSPS) is 12.4. The van der Waals surface area contributed by atoms with Crippen LogP contribution in [0.5, 0.6) is 0 Å². The third-order valence-electron chi connectivity index (χ3n) is 2.64. The van der Waals surface area contributed by atoms with Gasteiger partial charge in [-0.05, 0) is 38.4 Å². The van der Waals surface area contributed by atoms with Crippen molar-refractivity contribution in [2.24, 2.45) is 0 Å². The van der Waals surface area contributed by atoms with Gasteiger partial charge in [0, 0.05) is 16.6 Å². The standard InChI is InChI=1S/C13H17ClFN/c1-3-4-6-10(16-2)9-11-12(14)7-5-8-13(11)15/h3,5,7-8,10,16H,1,4,6,9H2,2H3. The number of nitrogens with one attached hydrogen (secondary N) is 1. The van der Waals surface area contributed by atoms with E-state index in [1.165, 1.54) is 6.07 Å². The summed E-state index contributed by atoms with van der Waals surface area (Å²) in [5, 5.41) is 3.67. The number of allylic oxidation sites excluding steroid dienone is 1. The van der Waals surface area contributed by atoms with Crippen molar-refractivity contribution in [3.63, 3.8) is 0 Å². The van der Waals surface area contributed by atoms with Crippen LogP contribution in [0.15, 0.2) is 30.9 Å². The summed E-state index contributed by atoms with van der Waals surface area (Å²) in [6.45, 7) is 3.68. The molecule has 0 saturated carbocycles. The van der Waals surface area contributed by atoms with Crippen LogP contribution in [0.1, 0.15) is 18.4 Å². The summed E-state index contributed by atoms with van der Waals surface area (Å²) in [7, 11) is 1.88. The minimum Gasteiger partial charge on any atom is -0.317 e. The molecule has 88 valence electrons. The summed E-state index contributed by atoms with van der Waals surface area (Å²) < 4.78 is 13.5. The third kappa shape index (κ3) is 3.62. The quantitative estimate of drug-likeness (QED) is 0.751. The van der Waals surface area contributed by atoms with E-state index in [0.29, 0.717) is 17.0 Å². The summed E-state index contributed by atoms with van der Waals surface area (Å²) in [5.41, 5.74) is 0.590. The molecule has 1 unspecified atom stereocenters. The van der Waals surface area contributed by atoms with Gasteiger partial charge in [0.1, 0.15) is 5.82 Å². The molecule has 1 nitrogen and oxygen atoms in total. The van der Waals surface area contributed by atoms with Crippen LogP contribution in [0, 0.1) is 5.82 Å². The van der Waals surface area contributed by atoms with Crippen LogP contribution >= 0.6 is 11.6 Å². The summed E-state index contributed by atoms with van der Waals surface area (Å²) in [6.07, 6.45) is 4.32. The maximum absolute atomic E-state index is 13.5. The van der Waals surface area contributed by atoms with Gasteiger partial charge in [-0.2, -0.15) is 0 Å². The monoisotopic (exact) mass is 241 g/mol. The van der Waals surface area contributed by atoms with Crippen molar-refractivity contribution >= 4 is 11.6 Å². The molecule has 0 aliphatic heterocycles. The van der Waals surface area contributed by atoms with E-state index in [4.69, 9.17) is 11.6 Å². The fourth-order valence-electron chi connectivity index (χ4n) is 1.64. The van der Waals surface area contributed by atoms with Gasteiger partial charge < -0.3 is 5.32 Å². The molecule has 1 N–H and O–H groups in total. The highest BCUT2D eigenvalue weighted by Gasteiger charge is 2.12. The van der Waals surface area contributed by atoms with Gasteiger partial charge in [0.25, 0.3) is 0 Å². The van der Waals surface area contributed by atoms with Crippen molar-refractivity contribution in [1.29, 1.82) is 0 Å². The molecule has 0 fully saturated rings. The average Bonchev–Trinajstić information content (AvgIpc) is 2.28. The minimum atomic E-state index is -0.230. The Morgan fingerprint density at radius 2 is 2.31 bits per heavy atom. The molecule has 3 heteroatoms. The first-order chi connectivity index (χ1) is 7.69. The molecule has 0 aliphatic rings. The van der Waals surface area contributed by atoms with Crippen LogP contribution in [-0.4, -0.2) is 13.1 Å². The van der Waals surface area contributed by atoms with E-state index in [1.54, 1.807) is 12.1 Å². The molecule has 1 aromatic rings. The number of hydrogen-bond donors (Lipinski definition) is 1. The number of rotatable bonds is 6. The van der Waals surface area contributed by atoms with Gasteiger partial charge >= 0.3 is 0 Å². The fraction of sp³-hybridized carbons (Fsp3) is 0.385. The van der Waals surface area contributed by atoms with Crippen molar-refractivity contribution in [3.8, 4) is 0 Å². The van der Waals surface area contributed by atoms with Crippen LogP contribution in [0.25, 0.3) is 0 Å². The number of hydrogen-bond acceptors (Lipinski definition) is 1. The highest BCUT2D eigenvalue weighted by atomic mass is 35.5. The molecule has 1 atom stereocenters. The second-order valence-electron chi connectivity index (χ2n) is 3.76. The van der Waals surface area contributed by atoms with Crippen molar-refractivity contribution < 1.29 is 4.39 Å². The molecule has 0 aliphatic carbocycles. The van der Waals surface area contributed by atoms with Gasteiger partial charge in [-0.15, -0.1) is 6.58 Å². The lowest BCUT2D eigenvalue weighted by atomic mass is 10.0. The first-order valence-electron chi connectivity index (χ1n) is 5.40. The Balaban J connectivity index is 2.73. The largest absolute Gasteiger partial charge is 0.317 e. The van der Waals surface area contributed by atoms with Crippen LogP contribution in [0.3, 0.4) is 0 Å². The highest BCUT2D eigenvalue weighted by Crippen LogP contribution is 2.21. The molecule has 0 bridgehead atoms. The Kier molecular flexibility index (Phi) is 5.50. The highest BCUT2D eigenvalue weighted by molar-refractivity contribution is 6.31. The second-order valence-corrected chi connectivity index (χ2v) is 4.16. The predicted octanol–water partition coefficient (Wildman–Crippen LogP) is 3.58. The lowest BCUT2D eigenvalue weighted by Gasteiger charge is -2.16. The van der Waals surface area contributed by atoms with E-state index in [-0.39, 0.29) is 11.9 Å². The predicted molar refractivity (Wildman–Crippen MR) is 67.4 cm³/mol. The summed E-state index contributed by atoms with van der Waals surface area (Å²) in [5.74, 6) is -0.230. The molecule has 0 aromatic heterocycles. The van der Waals surface area contributed by atoms with Crippen LogP contribution in [0.2, 0.25) is 5.02 Å². The lowest BCUT2D eigenvalue weighted by Crippen LogP contribution is -2.27. The minimum absolute atomic E-state index is 0.229. The number of benzene rings is 1. The van der Waals surface area contributed by atoms with E-state index < -0.39 is 0 Å². The number of halogens is 2. The Hall–Kier alpha value is -0.860. The van der Waals surface area contributed by atoms with E-state index in [0.717, 1.165) is 12.8 Å². The average molecular weight is 242 g/mol. The van der Waals surface area contributed by atoms with Gasteiger partial charge in [0.15, 0.2) is 0 Å². The zero-order valence-electron chi connectivity index (χ0n) is 9.47. The topological polar surface area (TPSA) is 12.0 Å². The van der Waals surface area contributed by atoms with Crippen molar-refractivity contribution in [1.82, 2.24) is 5.32 Å². The Morgan fingerprint density at radius 1 is 1.56 bits per heavy atom. The smallest absolute Gasteiger partial charge is 0.127 e. The molecular weight excluding hydrogens is 225 g/mol. The van der Waals surface area contributed by atoms with E-state index >= 15 is 0 Å². The Labute approximate surface area is 101 Å². The van der Waals surface area contributed by atoms with Crippen molar-refractivity contribution in [2.75, 3.05) is 7.05 Å². The van der Waals surface area contributed by atoms with E-state index in [2.05, 4.69) is 11.9 Å². The summed E-state index contributed by atoms with van der Waals surface area (Å²) >= 11 is 5.98. The molecular formula is C13H17ClFN. The zero-order valence-corrected chi connectivity index (χ0v) is 10.2. The lowest BCUT2D eigenvalue weighted by molar-refractivity contribution is 0.508. The summed E-state index contributed by atoms with van der Waals surface area (Å²) in [4.78, 5) is 0. The second kappa shape index (κ2) is 6.66. The third-order valence-corrected chi connectivity index (χ3v) is 2.99. The van der Waals surface area contributed by atoms with Gasteiger partial charge in [-0.1, -0.05) is 23.7 Å².